The molecule has 0 fully saturated rings. The standard InChI is InChI=1S/C32H20/c1-3-7-21-15-29-25(9-19(21)5-1)13-27-11-23-18-32-28(12-24(23)17-31(27)29)14-26-10-20-6-2-4-8-22(20)16-30(26)32/h1-12,15-18H,13-14H2. The maximum Gasteiger partial charge on any atom is -0.00130 e. The summed E-state index contributed by atoms with van der Waals surface area (Å²) < 4.78 is 0. The highest BCUT2D eigenvalue weighted by Crippen LogP contribution is 2.44. The van der Waals surface area contributed by atoms with E-state index in [1.54, 1.807) is 0 Å². The lowest BCUT2D eigenvalue weighted by Gasteiger charge is -2.09. The van der Waals surface area contributed by atoms with Crippen LogP contribution in [0.15, 0.2) is 97.1 Å². The maximum atomic E-state index is 2.44. The first-order chi connectivity index (χ1) is 15.8. The van der Waals surface area contributed by atoms with Gasteiger partial charge >= 0.3 is 0 Å². The van der Waals surface area contributed by atoms with Gasteiger partial charge in [-0.15, -0.1) is 0 Å². The average Bonchev–Trinajstić information content (AvgIpc) is 3.34. The molecule has 0 saturated carbocycles. The Morgan fingerprint density at radius 3 is 0.969 bits per heavy atom. The van der Waals surface area contributed by atoms with E-state index in [0.29, 0.717) is 0 Å². The summed E-state index contributed by atoms with van der Waals surface area (Å²) in [5, 5.41) is 8.06. The third-order valence-electron chi connectivity index (χ3n) is 7.57. The summed E-state index contributed by atoms with van der Waals surface area (Å²) in [6, 6.07) is 36.7. The average molecular weight is 405 g/mol. The molecule has 0 N–H and O–H groups in total. The van der Waals surface area contributed by atoms with Crippen molar-refractivity contribution in [3.05, 3.63) is 119 Å². The van der Waals surface area contributed by atoms with Crippen LogP contribution in [0.5, 0.6) is 0 Å². The molecule has 0 aromatic heterocycles. The molecular formula is C32H20. The molecule has 0 radical (unpaired) electrons. The van der Waals surface area contributed by atoms with Crippen LogP contribution in [0.1, 0.15) is 22.3 Å². The maximum absolute atomic E-state index is 2.44. The number of rotatable bonds is 0. The van der Waals surface area contributed by atoms with Crippen LogP contribution in [0.25, 0.3) is 54.6 Å². The van der Waals surface area contributed by atoms with E-state index >= 15 is 0 Å². The molecule has 0 saturated heterocycles. The summed E-state index contributed by atoms with van der Waals surface area (Å²) in [6.07, 6.45) is 2.06. The van der Waals surface area contributed by atoms with Gasteiger partial charge < -0.3 is 0 Å². The minimum atomic E-state index is 1.03. The van der Waals surface area contributed by atoms with Crippen molar-refractivity contribution in [2.24, 2.45) is 0 Å². The quantitative estimate of drug-likeness (QED) is 0.238. The van der Waals surface area contributed by atoms with Gasteiger partial charge in [0.15, 0.2) is 0 Å². The normalized spacial score (nSPS) is 13.4. The van der Waals surface area contributed by atoms with Crippen molar-refractivity contribution < 1.29 is 0 Å². The van der Waals surface area contributed by atoms with Crippen molar-refractivity contribution in [1.29, 1.82) is 0 Å². The van der Waals surface area contributed by atoms with Gasteiger partial charge in [0.2, 0.25) is 0 Å². The number of hydrogen-bond acceptors (Lipinski definition) is 0. The minimum Gasteiger partial charge on any atom is -0.0616 e. The van der Waals surface area contributed by atoms with E-state index in [2.05, 4.69) is 97.1 Å². The van der Waals surface area contributed by atoms with E-state index in [0.717, 1.165) is 12.8 Å². The van der Waals surface area contributed by atoms with Crippen molar-refractivity contribution in [3.8, 4) is 22.3 Å². The fourth-order valence-corrected chi connectivity index (χ4v) is 6.02. The highest BCUT2D eigenvalue weighted by molar-refractivity contribution is 6.00. The van der Waals surface area contributed by atoms with E-state index < -0.39 is 0 Å². The SMILES string of the molecule is c1ccc2cc3c(cc2c1)Cc1cc2cc4c(cc2cc1-3)Cc1cc2ccccc2cc1-4. The van der Waals surface area contributed by atoms with Crippen LogP contribution in [0.4, 0.5) is 0 Å². The molecule has 6 aromatic carbocycles. The molecule has 2 aliphatic rings. The van der Waals surface area contributed by atoms with Crippen LogP contribution in [-0.2, 0) is 12.8 Å². The number of benzene rings is 6. The summed E-state index contributed by atoms with van der Waals surface area (Å²) in [5.74, 6) is 0. The van der Waals surface area contributed by atoms with Crippen LogP contribution in [0.3, 0.4) is 0 Å². The summed E-state index contributed by atoms with van der Waals surface area (Å²) in [4.78, 5) is 0. The molecule has 0 atom stereocenters. The lowest BCUT2D eigenvalue weighted by Crippen LogP contribution is -1.85. The van der Waals surface area contributed by atoms with Gasteiger partial charge in [-0.1, -0.05) is 72.8 Å². The summed E-state index contributed by atoms with van der Waals surface area (Å²) >= 11 is 0. The smallest absolute Gasteiger partial charge is 0.00130 e. The summed E-state index contributed by atoms with van der Waals surface area (Å²) in [6.45, 7) is 0. The molecule has 32 heavy (non-hydrogen) atoms. The van der Waals surface area contributed by atoms with E-state index in [1.165, 1.54) is 76.8 Å². The molecule has 0 spiro atoms. The molecule has 0 amide bonds. The molecular weight excluding hydrogens is 384 g/mol. The Morgan fingerprint density at radius 1 is 0.312 bits per heavy atom. The fraction of sp³-hybridized carbons (Fsp3) is 0.0625. The van der Waals surface area contributed by atoms with Gasteiger partial charge in [0.05, 0.1) is 0 Å². The highest BCUT2D eigenvalue weighted by Gasteiger charge is 2.23. The fourth-order valence-electron chi connectivity index (χ4n) is 6.02. The first kappa shape index (κ1) is 16.8. The van der Waals surface area contributed by atoms with Crippen LogP contribution < -0.4 is 0 Å². The Morgan fingerprint density at radius 2 is 0.594 bits per heavy atom. The van der Waals surface area contributed by atoms with E-state index in [-0.39, 0.29) is 0 Å². The second-order valence-corrected chi connectivity index (χ2v) is 9.43. The lowest BCUT2D eigenvalue weighted by molar-refractivity contribution is 1.27. The molecule has 0 aliphatic heterocycles. The van der Waals surface area contributed by atoms with Crippen molar-refractivity contribution >= 4 is 32.3 Å². The van der Waals surface area contributed by atoms with Crippen LogP contribution in [0.2, 0.25) is 0 Å². The second kappa shape index (κ2) is 5.87. The highest BCUT2D eigenvalue weighted by atomic mass is 14.3. The molecule has 148 valence electrons. The van der Waals surface area contributed by atoms with Gasteiger partial charge in [0, 0.05) is 0 Å². The topological polar surface area (TPSA) is 0 Å². The molecule has 0 heterocycles. The van der Waals surface area contributed by atoms with Gasteiger partial charge in [0.1, 0.15) is 0 Å². The largest absolute Gasteiger partial charge is 0.0616 e. The lowest BCUT2D eigenvalue weighted by atomic mass is 9.95. The minimum absolute atomic E-state index is 1.03. The monoisotopic (exact) mass is 404 g/mol. The summed E-state index contributed by atoms with van der Waals surface area (Å²) in [5.41, 5.74) is 11.5. The third-order valence-corrected chi connectivity index (χ3v) is 7.57. The van der Waals surface area contributed by atoms with Crippen LogP contribution in [-0.4, -0.2) is 0 Å². The molecule has 6 aromatic rings. The van der Waals surface area contributed by atoms with E-state index in [1.807, 2.05) is 0 Å². The molecule has 2 aliphatic carbocycles. The summed E-state index contributed by atoms with van der Waals surface area (Å²) in [7, 11) is 0. The van der Waals surface area contributed by atoms with Crippen LogP contribution in [0, 0.1) is 0 Å². The zero-order valence-corrected chi connectivity index (χ0v) is 17.7. The van der Waals surface area contributed by atoms with Gasteiger partial charge in [0.25, 0.3) is 0 Å². The first-order valence-electron chi connectivity index (χ1n) is 11.4. The Bertz CT molecular complexity index is 1630. The van der Waals surface area contributed by atoms with Crippen molar-refractivity contribution in [1.82, 2.24) is 0 Å². The van der Waals surface area contributed by atoms with Crippen molar-refractivity contribution in [3.63, 3.8) is 0 Å². The van der Waals surface area contributed by atoms with E-state index in [4.69, 9.17) is 0 Å². The predicted octanol–water partition coefficient (Wildman–Crippen LogP) is 8.29. The first-order valence-corrected chi connectivity index (χ1v) is 11.4. The van der Waals surface area contributed by atoms with Crippen LogP contribution >= 0.6 is 0 Å². The van der Waals surface area contributed by atoms with Crippen molar-refractivity contribution in [2.75, 3.05) is 0 Å². The molecule has 0 heteroatoms. The van der Waals surface area contributed by atoms with Crippen molar-refractivity contribution in [2.45, 2.75) is 12.8 Å². The Kier molecular flexibility index (Phi) is 3.07. The number of hydrogen-bond donors (Lipinski definition) is 0. The molecule has 8 rings (SSSR count). The van der Waals surface area contributed by atoms with Gasteiger partial charge in [-0.25, -0.2) is 0 Å². The third kappa shape index (κ3) is 2.22. The molecule has 0 bridgehead atoms. The van der Waals surface area contributed by atoms with Gasteiger partial charge in [-0.2, -0.15) is 0 Å². The Balaban J connectivity index is 1.33. The zero-order chi connectivity index (χ0) is 20.8. The van der Waals surface area contributed by atoms with E-state index in [9.17, 15) is 0 Å². The Hall–Kier alpha value is -3.90. The second-order valence-electron chi connectivity index (χ2n) is 9.43. The predicted molar refractivity (Wildman–Crippen MR) is 135 cm³/mol. The van der Waals surface area contributed by atoms with Gasteiger partial charge in [-0.05, 0) is 114 Å². The zero-order valence-electron chi connectivity index (χ0n) is 17.7. The molecule has 0 nitrogen and oxygen atoms in total. The Labute approximate surface area is 186 Å². The molecule has 0 unspecified atom stereocenters. The number of fused-ring (bicyclic) bond motifs is 9. The van der Waals surface area contributed by atoms with Gasteiger partial charge in [-0.3, -0.25) is 0 Å².